The number of benzene rings is 2. The summed E-state index contributed by atoms with van der Waals surface area (Å²) in [6, 6.07) is 12.4. The fourth-order valence-electron chi connectivity index (χ4n) is 4.84. The van der Waals surface area contributed by atoms with Crippen LogP contribution in [-0.4, -0.2) is 110 Å². The molecule has 0 saturated carbocycles. The highest BCUT2D eigenvalue weighted by atomic mass is 35.5. The van der Waals surface area contributed by atoms with Crippen LogP contribution in [0.2, 0.25) is 5.02 Å². The molecule has 0 bridgehead atoms. The lowest BCUT2D eigenvalue weighted by atomic mass is 9.89. The predicted octanol–water partition coefficient (Wildman–Crippen LogP) is -0.239. The van der Waals surface area contributed by atoms with Crippen LogP contribution < -0.4 is 4.74 Å². The van der Waals surface area contributed by atoms with Crippen molar-refractivity contribution in [2.75, 3.05) is 13.2 Å². The Morgan fingerprint density at radius 3 is 2.25 bits per heavy atom. The van der Waals surface area contributed by atoms with Gasteiger partial charge in [-0.2, -0.15) is 0 Å². The van der Waals surface area contributed by atoms with Crippen molar-refractivity contribution in [3.63, 3.8) is 0 Å². The molecule has 2 aliphatic rings. The van der Waals surface area contributed by atoms with Gasteiger partial charge >= 0.3 is 5.97 Å². The van der Waals surface area contributed by atoms with Crippen LogP contribution in [0.1, 0.15) is 29.7 Å². The van der Waals surface area contributed by atoms with E-state index in [1.807, 2.05) is 31.2 Å². The molecule has 220 valence electrons. The molecule has 0 spiro atoms. The quantitative estimate of drug-likeness (QED) is 0.205. The lowest BCUT2D eigenvalue weighted by Crippen LogP contribution is -2.64. The van der Waals surface area contributed by atoms with E-state index >= 15 is 0 Å². The minimum Gasteiger partial charge on any atom is -0.494 e. The molecular weight excluding hydrogens is 552 g/mol. The van der Waals surface area contributed by atoms with Gasteiger partial charge in [0.15, 0.2) is 12.4 Å². The standard InChI is InChI=1S/C27H33ClO12/c1-2-37-15-6-3-12(4-7-15)9-14-10-13(5-8-16(14)28)23-22(34)24(18(30)17(11-29)38-23)39-27-21(33)19(31)20(32)25(40-27)26(35)36/h3-8,10,17-25,27,29-34H,2,9,11H2,1H3,(H,35,36). The Kier molecular flexibility index (Phi) is 10.0. The Bertz CT molecular complexity index is 1150. The van der Waals surface area contributed by atoms with Gasteiger partial charge in [-0.25, -0.2) is 4.79 Å². The molecule has 2 fully saturated rings. The fraction of sp³-hybridized carbons (Fsp3) is 0.519. The molecule has 0 aliphatic carbocycles. The number of rotatable bonds is 9. The fourth-order valence-corrected chi connectivity index (χ4v) is 5.02. The van der Waals surface area contributed by atoms with Crippen molar-refractivity contribution in [2.45, 2.75) is 74.6 Å². The van der Waals surface area contributed by atoms with E-state index in [-0.39, 0.29) is 0 Å². The summed E-state index contributed by atoms with van der Waals surface area (Å²) in [6.45, 7) is 1.77. The molecule has 40 heavy (non-hydrogen) atoms. The molecule has 13 heteroatoms. The van der Waals surface area contributed by atoms with E-state index in [0.29, 0.717) is 29.2 Å². The number of carboxylic acid groups (broad SMARTS) is 1. The minimum atomic E-state index is -1.95. The third-order valence-electron chi connectivity index (χ3n) is 7.00. The summed E-state index contributed by atoms with van der Waals surface area (Å²) >= 11 is 6.45. The molecule has 0 aromatic heterocycles. The maximum absolute atomic E-state index is 11.5. The molecule has 2 aromatic rings. The summed E-state index contributed by atoms with van der Waals surface area (Å²) in [5, 5.41) is 72.0. The van der Waals surface area contributed by atoms with Crippen LogP contribution in [0, 0.1) is 0 Å². The Morgan fingerprint density at radius 2 is 1.62 bits per heavy atom. The number of hydrogen-bond acceptors (Lipinski definition) is 11. The average Bonchev–Trinajstić information content (AvgIpc) is 2.93. The zero-order chi connectivity index (χ0) is 29.1. The normalized spacial score (nSPS) is 34.4. The molecule has 0 amide bonds. The first-order valence-corrected chi connectivity index (χ1v) is 13.1. The van der Waals surface area contributed by atoms with E-state index < -0.39 is 73.8 Å². The second-order valence-corrected chi connectivity index (χ2v) is 10.1. The molecule has 10 atom stereocenters. The Morgan fingerprint density at radius 1 is 0.925 bits per heavy atom. The summed E-state index contributed by atoms with van der Waals surface area (Å²) in [6.07, 6.45) is -16.3. The highest BCUT2D eigenvalue weighted by molar-refractivity contribution is 6.31. The number of carboxylic acids is 1. The van der Waals surface area contributed by atoms with Crippen LogP contribution in [0.25, 0.3) is 0 Å². The van der Waals surface area contributed by atoms with Crippen molar-refractivity contribution in [1.29, 1.82) is 0 Å². The summed E-state index contributed by atoms with van der Waals surface area (Å²) in [5.74, 6) is -0.888. The zero-order valence-electron chi connectivity index (χ0n) is 21.5. The van der Waals surface area contributed by atoms with Crippen LogP contribution in [0.5, 0.6) is 5.75 Å². The molecule has 2 aliphatic heterocycles. The van der Waals surface area contributed by atoms with Gasteiger partial charge in [0.1, 0.15) is 54.6 Å². The van der Waals surface area contributed by atoms with E-state index in [0.717, 1.165) is 11.3 Å². The smallest absolute Gasteiger partial charge is 0.335 e. The number of aliphatic hydroxyl groups excluding tert-OH is 6. The van der Waals surface area contributed by atoms with E-state index in [1.165, 1.54) is 0 Å². The van der Waals surface area contributed by atoms with E-state index in [1.54, 1.807) is 18.2 Å². The number of hydrogen-bond donors (Lipinski definition) is 7. The molecule has 2 aromatic carbocycles. The van der Waals surface area contributed by atoms with Gasteiger partial charge in [-0.1, -0.05) is 35.9 Å². The van der Waals surface area contributed by atoms with Gasteiger partial charge in [-0.15, -0.1) is 0 Å². The van der Waals surface area contributed by atoms with Crippen molar-refractivity contribution in [3.8, 4) is 5.75 Å². The highest BCUT2D eigenvalue weighted by Gasteiger charge is 2.52. The minimum absolute atomic E-state index is 0.437. The highest BCUT2D eigenvalue weighted by Crippen LogP contribution is 2.37. The first kappa shape index (κ1) is 30.6. The average molecular weight is 585 g/mol. The summed E-state index contributed by atoms with van der Waals surface area (Å²) < 4.78 is 22.0. The Labute approximate surface area is 234 Å². The SMILES string of the molecule is CCOc1ccc(Cc2cc(C3OC(CO)C(O)C(OC4OC(C(=O)O)C(O)C(O)C4O)C3O)ccc2Cl)cc1. The number of carbonyl (C=O) groups is 1. The lowest BCUT2D eigenvalue weighted by Gasteiger charge is -2.46. The van der Waals surface area contributed by atoms with Gasteiger partial charge in [0, 0.05) is 5.02 Å². The van der Waals surface area contributed by atoms with Crippen LogP contribution in [0.4, 0.5) is 0 Å². The lowest BCUT2D eigenvalue weighted by molar-refractivity contribution is -0.337. The Balaban J connectivity index is 1.57. The van der Waals surface area contributed by atoms with Gasteiger partial charge in [-0.3, -0.25) is 0 Å². The number of halogens is 1. The van der Waals surface area contributed by atoms with Crippen LogP contribution >= 0.6 is 11.6 Å². The first-order chi connectivity index (χ1) is 19.0. The molecule has 0 radical (unpaired) electrons. The molecule has 2 saturated heterocycles. The molecule has 7 N–H and O–H groups in total. The third-order valence-corrected chi connectivity index (χ3v) is 7.37. The number of ether oxygens (including phenoxy) is 4. The van der Waals surface area contributed by atoms with Gasteiger partial charge in [-0.05, 0) is 48.2 Å². The second-order valence-electron chi connectivity index (χ2n) is 9.70. The van der Waals surface area contributed by atoms with Gasteiger partial charge in [0.2, 0.25) is 0 Å². The predicted molar refractivity (Wildman–Crippen MR) is 138 cm³/mol. The topological polar surface area (TPSA) is 196 Å². The van der Waals surface area contributed by atoms with Crippen molar-refractivity contribution < 1.29 is 59.5 Å². The maximum Gasteiger partial charge on any atom is 0.335 e. The molecule has 12 nitrogen and oxygen atoms in total. The van der Waals surface area contributed by atoms with Crippen molar-refractivity contribution >= 4 is 17.6 Å². The largest absolute Gasteiger partial charge is 0.494 e. The summed E-state index contributed by atoms with van der Waals surface area (Å²) in [5.41, 5.74) is 2.09. The molecule has 10 unspecified atom stereocenters. The monoisotopic (exact) mass is 584 g/mol. The summed E-state index contributed by atoms with van der Waals surface area (Å²) in [4.78, 5) is 11.5. The van der Waals surface area contributed by atoms with Gasteiger partial charge < -0.3 is 54.7 Å². The zero-order valence-corrected chi connectivity index (χ0v) is 22.2. The second kappa shape index (κ2) is 13.1. The molecule has 2 heterocycles. The molecular formula is C27H33ClO12. The van der Waals surface area contributed by atoms with Crippen molar-refractivity contribution in [3.05, 3.63) is 64.2 Å². The number of aliphatic hydroxyl groups is 6. The van der Waals surface area contributed by atoms with Crippen molar-refractivity contribution in [1.82, 2.24) is 0 Å². The van der Waals surface area contributed by atoms with Gasteiger partial charge in [0.25, 0.3) is 0 Å². The van der Waals surface area contributed by atoms with E-state index in [9.17, 15) is 40.5 Å². The van der Waals surface area contributed by atoms with Crippen LogP contribution in [0.3, 0.4) is 0 Å². The van der Waals surface area contributed by atoms with E-state index in [2.05, 4.69) is 0 Å². The van der Waals surface area contributed by atoms with E-state index in [4.69, 9.17) is 30.5 Å². The first-order valence-electron chi connectivity index (χ1n) is 12.8. The summed E-state index contributed by atoms with van der Waals surface area (Å²) in [7, 11) is 0. The molecule has 4 rings (SSSR count). The van der Waals surface area contributed by atoms with Crippen LogP contribution in [-0.2, 0) is 25.4 Å². The maximum atomic E-state index is 11.5. The van der Waals surface area contributed by atoms with Gasteiger partial charge in [0.05, 0.1) is 13.2 Å². The number of aliphatic carboxylic acids is 1. The van der Waals surface area contributed by atoms with Crippen LogP contribution in [0.15, 0.2) is 42.5 Å². The third kappa shape index (κ3) is 6.42. The van der Waals surface area contributed by atoms with Crippen molar-refractivity contribution in [2.24, 2.45) is 0 Å². The Hall–Kier alpha value is -2.36.